The SMILES string of the molecule is C=CCN1C(=O)S/C(=C/c2ccc(I)cc2)C1=O. The van der Waals surface area contributed by atoms with Gasteiger partial charge in [0.1, 0.15) is 0 Å². The Labute approximate surface area is 123 Å². The largest absolute Gasteiger partial charge is 0.293 e. The van der Waals surface area contributed by atoms with Crippen molar-refractivity contribution in [3.8, 4) is 0 Å². The predicted octanol–water partition coefficient (Wildman–Crippen LogP) is 3.51. The average Bonchev–Trinajstić information content (AvgIpc) is 2.60. The van der Waals surface area contributed by atoms with E-state index in [9.17, 15) is 9.59 Å². The summed E-state index contributed by atoms with van der Waals surface area (Å²) in [5.41, 5.74) is 0.916. The van der Waals surface area contributed by atoms with Gasteiger partial charge in [0, 0.05) is 10.1 Å². The summed E-state index contributed by atoms with van der Waals surface area (Å²) >= 11 is 3.19. The minimum Gasteiger partial charge on any atom is -0.268 e. The van der Waals surface area contributed by atoms with Crippen molar-refractivity contribution in [1.82, 2.24) is 4.90 Å². The highest BCUT2D eigenvalue weighted by Crippen LogP contribution is 2.31. The maximum Gasteiger partial charge on any atom is 0.293 e. The van der Waals surface area contributed by atoms with Gasteiger partial charge in [-0.3, -0.25) is 14.5 Å². The Balaban J connectivity index is 2.24. The molecule has 1 aromatic carbocycles. The third-order valence-corrected chi connectivity index (χ3v) is 3.98. The van der Waals surface area contributed by atoms with Crippen LogP contribution in [-0.2, 0) is 4.79 Å². The van der Waals surface area contributed by atoms with Gasteiger partial charge in [-0.25, -0.2) is 0 Å². The molecule has 92 valence electrons. The number of hydrogen-bond donors (Lipinski definition) is 0. The number of imide groups is 1. The lowest BCUT2D eigenvalue weighted by molar-refractivity contribution is -0.122. The smallest absolute Gasteiger partial charge is 0.268 e. The van der Waals surface area contributed by atoms with E-state index < -0.39 is 0 Å². The number of amides is 2. The maximum absolute atomic E-state index is 11.9. The second-order valence-electron chi connectivity index (χ2n) is 3.63. The van der Waals surface area contributed by atoms with Crippen LogP contribution in [0.4, 0.5) is 4.79 Å². The Morgan fingerprint density at radius 3 is 2.56 bits per heavy atom. The minimum absolute atomic E-state index is 0.239. The van der Waals surface area contributed by atoms with Crippen LogP contribution in [0, 0.1) is 3.57 Å². The fraction of sp³-hybridized carbons (Fsp3) is 0.0769. The molecule has 2 amide bonds. The monoisotopic (exact) mass is 371 g/mol. The van der Waals surface area contributed by atoms with E-state index in [4.69, 9.17) is 0 Å². The highest BCUT2D eigenvalue weighted by atomic mass is 127. The van der Waals surface area contributed by atoms with Crippen LogP contribution in [-0.4, -0.2) is 22.6 Å². The fourth-order valence-electron chi connectivity index (χ4n) is 1.50. The van der Waals surface area contributed by atoms with Crippen LogP contribution in [0.15, 0.2) is 41.8 Å². The Kier molecular flexibility index (Phi) is 4.23. The van der Waals surface area contributed by atoms with Crippen molar-refractivity contribution >= 4 is 51.6 Å². The first-order chi connectivity index (χ1) is 8.61. The number of halogens is 1. The summed E-state index contributed by atoms with van der Waals surface area (Å²) in [6, 6.07) is 7.76. The molecule has 1 aromatic rings. The molecule has 1 saturated heterocycles. The average molecular weight is 371 g/mol. The van der Waals surface area contributed by atoms with Crippen molar-refractivity contribution in [3.05, 3.63) is 51.0 Å². The third-order valence-electron chi connectivity index (χ3n) is 2.35. The van der Waals surface area contributed by atoms with Gasteiger partial charge in [0.05, 0.1) is 4.91 Å². The standard InChI is InChI=1S/C13H10INO2S/c1-2-7-15-12(16)11(18-13(15)17)8-9-3-5-10(14)6-4-9/h2-6,8H,1,7H2/b11-8+. The lowest BCUT2D eigenvalue weighted by Crippen LogP contribution is -2.27. The van der Waals surface area contributed by atoms with Crippen molar-refractivity contribution in [3.63, 3.8) is 0 Å². The van der Waals surface area contributed by atoms with E-state index in [0.29, 0.717) is 4.91 Å². The first-order valence-corrected chi connectivity index (χ1v) is 7.13. The van der Waals surface area contributed by atoms with Gasteiger partial charge < -0.3 is 0 Å². The molecule has 5 heteroatoms. The molecule has 0 atom stereocenters. The van der Waals surface area contributed by atoms with Crippen LogP contribution < -0.4 is 0 Å². The predicted molar refractivity (Wildman–Crippen MR) is 82.0 cm³/mol. The maximum atomic E-state index is 11.9. The van der Waals surface area contributed by atoms with Crippen LogP contribution in [0.25, 0.3) is 6.08 Å². The van der Waals surface area contributed by atoms with Gasteiger partial charge in [0.2, 0.25) is 0 Å². The number of benzene rings is 1. The first-order valence-electron chi connectivity index (χ1n) is 5.23. The van der Waals surface area contributed by atoms with Gasteiger partial charge in [0.15, 0.2) is 0 Å². The van der Waals surface area contributed by atoms with Crippen molar-refractivity contribution in [1.29, 1.82) is 0 Å². The van der Waals surface area contributed by atoms with E-state index in [1.165, 1.54) is 4.90 Å². The lowest BCUT2D eigenvalue weighted by Gasteiger charge is -2.07. The molecule has 0 radical (unpaired) electrons. The second kappa shape index (κ2) is 5.71. The molecule has 1 aliphatic rings. The van der Waals surface area contributed by atoms with E-state index in [1.54, 1.807) is 12.2 Å². The van der Waals surface area contributed by atoms with Gasteiger partial charge in [-0.2, -0.15) is 0 Å². The molecule has 0 aliphatic carbocycles. The molecule has 0 aromatic heterocycles. The van der Waals surface area contributed by atoms with Crippen molar-refractivity contribution in [2.75, 3.05) is 6.54 Å². The second-order valence-corrected chi connectivity index (χ2v) is 5.87. The highest BCUT2D eigenvalue weighted by Gasteiger charge is 2.33. The molecular formula is C13H10INO2S. The molecular weight excluding hydrogens is 361 g/mol. The minimum atomic E-state index is -0.247. The molecule has 1 heterocycles. The zero-order chi connectivity index (χ0) is 13.1. The summed E-state index contributed by atoms with van der Waals surface area (Å²) < 4.78 is 1.13. The number of nitrogens with zero attached hydrogens (tertiary/aromatic N) is 1. The summed E-state index contributed by atoms with van der Waals surface area (Å²) in [4.78, 5) is 25.2. The van der Waals surface area contributed by atoms with Gasteiger partial charge >= 0.3 is 0 Å². The molecule has 18 heavy (non-hydrogen) atoms. The molecule has 3 nitrogen and oxygen atoms in total. The molecule has 0 bridgehead atoms. The van der Waals surface area contributed by atoms with Crippen LogP contribution in [0.2, 0.25) is 0 Å². The van der Waals surface area contributed by atoms with Gasteiger partial charge in [-0.1, -0.05) is 18.2 Å². The highest BCUT2D eigenvalue weighted by molar-refractivity contribution is 14.1. The van der Waals surface area contributed by atoms with E-state index in [0.717, 1.165) is 20.9 Å². The molecule has 0 saturated carbocycles. The van der Waals surface area contributed by atoms with Crippen LogP contribution in [0.5, 0.6) is 0 Å². The number of carbonyl (C=O) groups excluding carboxylic acids is 2. The summed E-state index contributed by atoms with van der Waals surface area (Å²) in [6.07, 6.45) is 3.29. The zero-order valence-electron chi connectivity index (χ0n) is 9.43. The van der Waals surface area contributed by atoms with Crippen molar-refractivity contribution in [2.24, 2.45) is 0 Å². The van der Waals surface area contributed by atoms with E-state index in [1.807, 2.05) is 24.3 Å². The molecule has 0 spiro atoms. The van der Waals surface area contributed by atoms with Crippen LogP contribution >= 0.6 is 34.4 Å². The molecule has 0 unspecified atom stereocenters. The quantitative estimate of drug-likeness (QED) is 0.464. The fourth-order valence-corrected chi connectivity index (χ4v) is 2.70. The Bertz CT molecular complexity index is 536. The third kappa shape index (κ3) is 2.84. The van der Waals surface area contributed by atoms with Crippen molar-refractivity contribution < 1.29 is 9.59 Å². The Morgan fingerprint density at radius 1 is 1.28 bits per heavy atom. The number of carbonyl (C=O) groups is 2. The normalized spacial score (nSPS) is 17.6. The van der Waals surface area contributed by atoms with Gasteiger partial charge in [-0.05, 0) is 58.1 Å². The van der Waals surface area contributed by atoms with Crippen LogP contribution in [0.1, 0.15) is 5.56 Å². The summed E-state index contributed by atoms with van der Waals surface area (Å²) in [6.45, 7) is 3.79. The van der Waals surface area contributed by atoms with E-state index in [2.05, 4.69) is 29.2 Å². The molecule has 1 aliphatic heterocycles. The van der Waals surface area contributed by atoms with Crippen LogP contribution in [0.3, 0.4) is 0 Å². The summed E-state index contributed by atoms with van der Waals surface area (Å²) in [5.74, 6) is -0.247. The van der Waals surface area contributed by atoms with Gasteiger partial charge in [-0.15, -0.1) is 6.58 Å². The molecule has 2 rings (SSSR count). The summed E-state index contributed by atoms with van der Waals surface area (Å²) in [5, 5.41) is -0.239. The number of hydrogen-bond acceptors (Lipinski definition) is 3. The number of rotatable bonds is 3. The van der Waals surface area contributed by atoms with E-state index >= 15 is 0 Å². The van der Waals surface area contributed by atoms with Gasteiger partial charge in [0.25, 0.3) is 11.1 Å². The molecule has 0 N–H and O–H groups in total. The molecule has 1 fully saturated rings. The zero-order valence-corrected chi connectivity index (χ0v) is 12.4. The lowest BCUT2D eigenvalue weighted by atomic mass is 10.2. The summed E-state index contributed by atoms with van der Waals surface area (Å²) in [7, 11) is 0. The topological polar surface area (TPSA) is 37.4 Å². The Hall–Kier alpha value is -1.08. The number of thioether (sulfide) groups is 1. The first kappa shape index (κ1) is 13.4. The van der Waals surface area contributed by atoms with E-state index in [-0.39, 0.29) is 17.7 Å². The Morgan fingerprint density at radius 2 is 1.94 bits per heavy atom. The van der Waals surface area contributed by atoms with Crippen molar-refractivity contribution in [2.45, 2.75) is 0 Å².